The van der Waals surface area contributed by atoms with Crippen molar-refractivity contribution in [2.75, 3.05) is 18.4 Å². The van der Waals surface area contributed by atoms with Crippen molar-refractivity contribution < 1.29 is 4.79 Å². The normalized spacial score (nSPS) is 16.3. The maximum Gasteiger partial charge on any atom is 0.246 e. The van der Waals surface area contributed by atoms with Crippen LogP contribution >= 0.6 is 0 Å². The van der Waals surface area contributed by atoms with E-state index >= 15 is 0 Å². The molecule has 0 aromatic carbocycles. The smallest absolute Gasteiger partial charge is 0.246 e. The zero-order valence-corrected chi connectivity index (χ0v) is 18.2. The number of nitrogens with one attached hydrogen (secondary N) is 1. The zero-order valence-electron chi connectivity index (χ0n) is 18.2. The molecule has 31 heavy (non-hydrogen) atoms. The number of likely N-dealkylation sites (tertiary alicyclic amines) is 1. The standard InChI is InChI=1S/C22H26N8O/c1-14-11-15(2)25-22(24-14)28-20-12-19(26-16(3)27-20)17-8-10-30(13-17)21(31)6-5-18-7-9-23-29(18)4/h5-7,9,11-12,17H,8,10,13H2,1-4H3,(H,24,25,26,27,28)/b6-5+. The molecule has 1 amide bonds. The lowest BCUT2D eigenvalue weighted by molar-refractivity contribution is -0.124. The van der Waals surface area contributed by atoms with Gasteiger partial charge in [0, 0.05) is 55.8 Å². The van der Waals surface area contributed by atoms with E-state index < -0.39 is 0 Å². The Morgan fingerprint density at radius 1 is 1.13 bits per heavy atom. The van der Waals surface area contributed by atoms with Crippen molar-refractivity contribution in [3.63, 3.8) is 0 Å². The summed E-state index contributed by atoms with van der Waals surface area (Å²) in [6, 6.07) is 5.72. The van der Waals surface area contributed by atoms with Crippen molar-refractivity contribution in [2.24, 2.45) is 7.05 Å². The highest BCUT2D eigenvalue weighted by Gasteiger charge is 2.28. The topological polar surface area (TPSA) is 102 Å². The molecule has 0 aliphatic carbocycles. The van der Waals surface area contributed by atoms with Crippen LogP contribution in [0.1, 0.15) is 40.9 Å². The van der Waals surface area contributed by atoms with Crippen LogP contribution in [-0.2, 0) is 11.8 Å². The van der Waals surface area contributed by atoms with E-state index in [4.69, 9.17) is 0 Å². The molecule has 1 N–H and O–H groups in total. The average Bonchev–Trinajstić information content (AvgIpc) is 3.34. The minimum absolute atomic E-state index is 0.00328. The molecule has 4 rings (SSSR count). The van der Waals surface area contributed by atoms with Crippen LogP contribution in [0.4, 0.5) is 11.8 Å². The van der Waals surface area contributed by atoms with Crippen LogP contribution in [0, 0.1) is 20.8 Å². The third kappa shape index (κ3) is 4.93. The van der Waals surface area contributed by atoms with Crippen LogP contribution in [0.15, 0.2) is 30.5 Å². The van der Waals surface area contributed by atoms with Gasteiger partial charge in [-0.2, -0.15) is 5.10 Å². The van der Waals surface area contributed by atoms with Crippen LogP contribution in [0.3, 0.4) is 0 Å². The zero-order chi connectivity index (χ0) is 22.0. The second kappa shape index (κ2) is 8.63. The molecule has 1 aliphatic heterocycles. The summed E-state index contributed by atoms with van der Waals surface area (Å²) in [6.45, 7) is 7.06. The second-order valence-corrected chi connectivity index (χ2v) is 7.81. The number of rotatable bonds is 5. The number of anilines is 2. The Bertz CT molecular complexity index is 1120. The molecule has 0 bridgehead atoms. The first-order chi connectivity index (χ1) is 14.9. The summed E-state index contributed by atoms with van der Waals surface area (Å²) in [6.07, 6.45) is 5.97. The Morgan fingerprint density at radius 3 is 2.61 bits per heavy atom. The molecule has 160 valence electrons. The predicted octanol–water partition coefficient (Wildman–Crippen LogP) is 2.70. The van der Waals surface area contributed by atoms with Gasteiger partial charge in [-0.3, -0.25) is 9.48 Å². The predicted molar refractivity (Wildman–Crippen MR) is 118 cm³/mol. The Kier molecular flexibility index (Phi) is 5.75. The molecule has 3 aromatic rings. The van der Waals surface area contributed by atoms with E-state index in [0.717, 1.165) is 29.2 Å². The minimum Gasteiger partial charge on any atom is -0.338 e. The SMILES string of the molecule is Cc1cc(C)nc(Nc2cc(C3CCN(C(=O)/C=C/c4ccnn4C)C3)nc(C)n2)n1. The van der Waals surface area contributed by atoms with Gasteiger partial charge in [0.25, 0.3) is 0 Å². The fourth-order valence-electron chi connectivity index (χ4n) is 3.77. The fourth-order valence-corrected chi connectivity index (χ4v) is 3.77. The summed E-state index contributed by atoms with van der Waals surface area (Å²) in [5.74, 6) is 2.01. The molecule has 4 heterocycles. The molecule has 1 saturated heterocycles. The number of nitrogens with zero attached hydrogens (tertiary/aromatic N) is 7. The largest absolute Gasteiger partial charge is 0.338 e. The molecular formula is C22H26N8O. The van der Waals surface area contributed by atoms with Gasteiger partial charge in [-0.05, 0) is 45.4 Å². The Morgan fingerprint density at radius 2 is 1.90 bits per heavy atom. The molecular weight excluding hydrogens is 392 g/mol. The Balaban J connectivity index is 1.45. The highest BCUT2D eigenvalue weighted by Crippen LogP contribution is 2.28. The average molecular weight is 419 g/mol. The van der Waals surface area contributed by atoms with E-state index in [1.807, 2.05) is 50.9 Å². The fraction of sp³-hybridized carbons (Fsp3) is 0.364. The molecule has 0 saturated carbocycles. The highest BCUT2D eigenvalue weighted by atomic mass is 16.2. The van der Waals surface area contributed by atoms with E-state index in [9.17, 15) is 4.79 Å². The van der Waals surface area contributed by atoms with Crippen LogP contribution in [0.2, 0.25) is 0 Å². The van der Waals surface area contributed by atoms with Gasteiger partial charge < -0.3 is 10.2 Å². The first-order valence-electron chi connectivity index (χ1n) is 10.3. The third-order valence-corrected chi connectivity index (χ3v) is 5.25. The van der Waals surface area contributed by atoms with Gasteiger partial charge in [0.05, 0.1) is 11.4 Å². The number of amides is 1. The monoisotopic (exact) mass is 418 g/mol. The maximum absolute atomic E-state index is 12.6. The van der Waals surface area contributed by atoms with Crippen LogP contribution < -0.4 is 5.32 Å². The lowest BCUT2D eigenvalue weighted by atomic mass is 10.0. The van der Waals surface area contributed by atoms with Gasteiger partial charge >= 0.3 is 0 Å². The summed E-state index contributed by atoms with van der Waals surface area (Å²) in [5, 5.41) is 7.30. The third-order valence-electron chi connectivity index (χ3n) is 5.25. The number of carbonyl (C=O) groups is 1. The molecule has 0 radical (unpaired) electrons. The highest BCUT2D eigenvalue weighted by molar-refractivity contribution is 5.91. The lowest BCUT2D eigenvalue weighted by Crippen LogP contribution is -2.26. The number of hydrogen-bond donors (Lipinski definition) is 1. The van der Waals surface area contributed by atoms with Gasteiger partial charge in [0.2, 0.25) is 11.9 Å². The minimum atomic E-state index is -0.00328. The summed E-state index contributed by atoms with van der Waals surface area (Å²) in [7, 11) is 1.85. The molecule has 3 aromatic heterocycles. The maximum atomic E-state index is 12.6. The van der Waals surface area contributed by atoms with Crippen molar-refractivity contribution in [1.29, 1.82) is 0 Å². The molecule has 9 nitrogen and oxygen atoms in total. The van der Waals surface area contributed by atoms with E-state index in [2.05, 4.69) is 30.4 Å². The van der Waals surface area contributed by atoms with Crippen LogP contribution in [0.25, 0.3) is 6.08 Å². The van der Waals surface area contributed by atoms with Gasteiger partial charge in [0.15, 0.2) is 0 Å². The van der Waals surface area contributed by atoms with Crippen LogP contribution in [-0.4, -0.2) is 53.6 Å². The summed E-state index contributed by atoms with van der Waals surface area (Å²) < 4.78 is 1.73. The summed E-state index contributed by atoms with van der Waals surface area (Å²) in [4.78, 5) is 32.4. The molecule has 0 spiro atoms. The molecule has 1 fully saturated rings. The Labute approximate surface area is 181 Å². The van der Waals surface area contributed by atoms with E-state index in [0.29, 0.717) is 30.7 Å². The molecule has 1 atom stereocenters. The van der Waals surface area contributed by atoms with Gasteiger partial charge in [-0.15, -0.1) is 0 Å². The van der Waals surface area contributed by atoms with Crippen molar-refractivity contribution in [3.05, 3.63) is 59.1 Å². The molecule has 1 aliphatic rings. The molecule has 9 heteroatoms. The van der Waals surface area contributed by atoms with Crippen molar-refractivity contribution in [1.82, 2.24) is 34.6 Å². The Hall–Kier alpha value is -3.62. The van der Waals surface area contributed by atoms with E-state index in [1.165, 1.54) is 0 Å². The summed E-state index contributed by atoms with van der Waals surface area (Å²) in [5.41, 5.74) is 3.60. The number of hydrogen-bond acceptors (Lipinski definition) is 7. The first kappa shape index (κ1) is 20.6. The van der Waals surface area contributed by atoms with Crippen molar-refractivity contribution >= 4 is 23.7 Å². The van der Waals surface area contributed by atoms with Gasteiger partial charge in [0.1, 0.15) is 11.6 Å². The molecule has 1 unspecified atom stereocenters. The number of aromatic nitrogens is 6. The number of carbonyl (C=O) groups excluding carboxylic acids is 1. The van der Waals surface area contributed by atoms with E-state index in [-0.39, 0.29) is 11.8 Å². The quantitative estimate of drug-likeness (QED) is 0.636. The number of aryl methyl sites for hydroxylation is 4. The van der Waals surface area contributed by atoms with Gasteiger partial charge in [-0.1, -0.05) is 0 Å². The second-order valence-electron chi connectivity index (χ2n) is 7.81. The lowest BCUT2D eigenvalue weighted by Gasteiger charge is -2.15. The summed E-state index contributed by atoms with van der Waals surface area (Å²) >= 11 is 0. The van der Waals surface area contributed by atoms with E-state index in [1.54, 1.807) is 23.0 Å². The van der Waals surface area contributed by atoms with Gasteiger partial charge in [-0.25, -0.2) is 19.9 Å². The van der Waals surface area contributed by atoms with Crippen LogP contribution in [0.5, 0.6) is 0 Å². The first-order valence-corrected chi connectivity index (χ1v) is 10.3. The van der Waals surface area contributed by atoms with Crippen molar-refractivity contribution in [3.8, 4) is 0 Å². The van der Waals surface area contributed by atoms with Crippen molar-refractivity contribution in [2.45, 2.75) is 33.1 Å².